The van der Waals surface area contributed by atoms with E-state index in [-0.39, 0.29) is 5.91 Å². The Morgan fingerprint density at radius 2 is 2.30 bits per heavy atom. The number of likely N-dealkylation sites (tertiary alicyclic amines) is 1. The van der Waals surface area contributed by atoms with Gasteiger partial charge in [-0.25, -0.2) is 5.84 Å². The van der Waals surface area contributed by atoms with Crippen LogP contribution in [0.15, 0.2) is 6.07 Å². The lowest BCUT2D eigenvalue weighted by Crippen LogP contribution is -2.33. The van der Waals surface area contributed by atoms with Gasteiger partial charge in [0, 0.05) is 17.5 Å². The summed E-state index contributed by atoms with van der Waals surface area (Å²) in [5.74, 6) is 5.02. The molecule has 0 spiro atoms. The van der Waals surface area contributed by atoms with E-state index in [4.69, 9.17) is 5.84 Å². The van der Waals surface area contributed by atoms with Crippen molar-refractivity contribution < 1.29 is 4.79 Å². The number of nitrogens with two attached hydrogens (primary N) is 1. The third-order valence-corrected chi connectivity index (χ3v) is 5.31. The first kappa shape index (κ1) is 15.5. The molecule has 0 radical (unpaired) electrons. The minimum atomic E-state index is -0.188. The van der Waals surface area contributed by atoms with E-state index in [1.807, 2.05) is 6.07 Å². The van der Waals surface area contributed by atoms with Gasteiger partial charge in [0.25, 0.3) is 5.91 Å². The first-order chi connectivity index (χ1) is 9.65. The standard InChI is InChI=1S/C15H25N3OS/c1-3-13-7-5-4-6-8-18(13)10-12-9-14(15(19)17-16)20-11(12)2/h9,13H,3-8,10,16H2,1-2H3,(H,17,19). The van der Waals surface area contributed by atoms with Gasteiger partial charge in [-0.1, -0.05) is 19.8 Å². The molecule has 1 aliphatic heterocycles. The number of thiophene rings is 1. The number of carbonyl (C=O) groups excluding carboxylic acids is 1. The lowest BCUT2D eigenvalue weighted by molar-refractivity contribution is 0.0957. The second-order valence-electron chi connectivity index (χ2n) is 5.55. The fourth-order valence-corrected chi connectivity index (χ4v) is 3.92. The van der Waals surface area contributed by atoms with Crippen molar-refractivity contribution in [3.63, 3.8) is 0 Å². The number of carbonyl (C=O) groups is 1. The Labute approximate surface area is 125 Å². The zero-order valence-electron chi connectivity index (χ0n) is 12.4. The molecule has 0 aromatic carbocycles. The molecule has 1 fully saturated rings. The van der Waals surface area contributed by atoms with Crippen LogP contribution in [0.5, 0.6) is 0 Å². The van der Waals surface area contributed by atoms with E-state index in [2.05, 4.69) is 24.2 Å². The second-order valence-corrected chi connectivity index (χ2v) is 6.80. The molecule has 2 heterocycles. The van der Waals surface area contributed by atoms with Crippen molar-refractivity contribution in [3.05, 3.63) is 21.4 Å². The zero-order chi connectivity index (χ0) is 14.5. The van der Waals surface area contributed by atoms with Crippen LogP contribution in [0.1, 0.15) is 59.1 Å². The Hall–Kier alpha value is -0.910. The van der Waals surface area contributed by atoms with E-state index in [9.17, 15) is 4.79 Å². The lowest BCUT2D eigenvalue weighted by atomic mass is 10.1. The van der Waals surface area contributed by atoms with Crippen LogP contribution >= 0.6 is 11.3 Å². The van der Waals surface area contributed by atoms with Crippen LogP contribution in [-0.2, 0) is 6.54 Å². The Morgan fingerprint density at radius 3 is 3.00 bits per heavy atom. The number of hydrogen-bond acceptors (Lipinski definition) is 4. The van der Waals surface area contributed by atoms with Crippen LogP contribution in [0.2, 0.25) is 0 Å². The first-order valence-corrected chi connectivity index (χ1v) is 8.31. The molecule has 0 bridgehead atoms. The van der Waals surface area contributed by atoms with Crippen molar-refractivity contribution in [2.75, 3.05) is 6.54 Å². The number of hydrazine groups is 1. The Balaban J connectivity index is 2.11. The Morgan fingerprint density at radius 1 is 1.50 bits per heavy atom. The van der Waals surface area contributed by atoms with Crippen LogP contribution in [0.4, 0.5) is 0 Å². The fourth-order valence-electron chi connectivity index (χ4n) is 2.99. The predicted molar refractivity (Wildman–Crippen MR) is 83.7 cm³/mol. The van der Waals surface area contributed by atoms with Gasteiger partial charge in [-0.15, -0.1) is 11.3 Å². The third-order valence-electron chi connectivity index (χ3n) is 4.22. The average molecular weight is 295 g/mol. The molecule has 2 rings (SSSR count). The summed E-state index contributed by atoms with van der Waals surface area (Å²) in [6.45, 7) is 6.49. The van der Waals surface area contributed by atoms with E-state index in [0.717, 1.165) is 6.54 Å². The largest absolute Gasteiger partial charge is 0.296 e. The molecule has 1 unspecified atom stereocenters. The van der Waals surface area contributed by atoms with Gasteiger partial charge in [0.1, 0.15) is 0 Å². The Kier molecular flexibility index (Phi) is 5.57. The summed E-state index contributed by atoms with van der Waals surface area (Å²) in [5.41, 5.74) is 3.49. The summed E-state index contributed by atoms with van der Waals surface area (Å²) in [5, 5.41) is 0. The maximum atomic E-state index is 11.6. The number of nitrogens with one attached hydrogen (secondary N) is 1. The van der Waals surface area contributed by atoms with Gasteiger partial charge in [0.05, 0.1) is 4.88 Å². The monoisotopic (exact) mass is 295 g/mol. The Bertz CT molecular complexity index is 458. The molecule has 3 N–H and O–H groups in total. The average Bonchev–Trinajstić information content (AvgIpc) is 2.68. The van der Waals surface area contributed by atoms with Gasteiger partial charge in [0.2, 0.25) is 0 Å². The number of nitrogens with zero attached hydrogens (tertiary/aromatic N) is 1. The molecule has 1 atom stereocenters. The van der Waals surface area contributed by atoms with Crippen molar-refractivity contribution in [1.82, 2.24) is 10.3 Å². The van der Waals surface area contributed by atoms with Gasteiger partial charge in [-0.3, -0.25) is 15.1 Å². The molecule has 1 aromatic heterocycles. The molecule has 0 saturated carbocycles. The summed E-state index contributed by atoms with van der Waals surface area (Å²) >= 11 is 1.53. The molecular weight excluding hydrogens is 270 g/mol. The van der Waals surface area contributed by atoms with Crippen molar-refractivity contribution in [2.45, 2.75) is 58.5 Å². The van der Waals surface area contributed by atoms with E-state index < -0.39 is 0 Å². The van der Waals surface area contributed by atoms with Crippen molar-refractivity contribution >= 4 is 17.2 Å². The molecule has 1 aliphatic rings. The summed E-state index contributed by atoms with van der Waals surface area (Å²) in [4.78, 5) is 16.1. The van der Waals surface area contributed by atoms with Crippen LogP contribution < -0.4 is 11.3 Å². The highest BCUT2D eigenvalue weighted by Gasteiger charge is 2.21. The highest BCUT2D eigenvalue weighted by molar-refractivity contribution is 7.14. The van der Waals surface area contributed by atoms with Crippen LogP contribution in [0.3, 0.4) is 0 Å². The molecule has 0 aliphatic carbocycles. The molecule has 1 aromatic rings. The van der Waals surface area contributed by atoms with Crippen molar-refractivity contribution in [2.24, 2.45) is 5.84 Å². The van der Waals surface area contributed by atoms with Gasteiger partial charge in [-0.05, 0) is 44.4 Å². The van der Waals surface area contributed by atoms with Gasteiger partial charge in [0.15, 0.2) is 0 Å². The molecular formula is C15H25N3OS. The predicted octanol–water partition coefficient (Wildman–Crippen LogP) is 2.81. The topological polar surface area (TPSA) is 58.4 Å². The number of hydrogen-bond donors (Lipinski definition) is 2. The summed E-state index contributed by atoms with van der Waals surface area (Å²) < 4.78 is 0. The SMILES string of the molecule is CCC1CCCCCN1Cc1cc(C(=O)NN)sc1C. The van der Waals surface area contributed by atoms with Gasteiger partial charge < -0.3 is 0 Å². The zero-order valence-corrected chi connectivity index (χ0v) is 13.3. The summed E-state index contributed by atoms with van der Waals surface area (Å²) in [6.07, 6.45) is 6.49. The highest BCUT2D eigenvalue weighted by Crippen LogP contribution is 2.26. The minimum Gasteiger partial charge on any atom is -0.296 e. The van der Waals surface area contributed by atoms with Crippen molar-refractivity contribution in [3.8, 4) is 0 Å². The third kappa shape index (κ3) is 3.59. The molecule has 5 heteroatoms. The van der Waals surface area contributed by atoms with Crippen LogP contribution in [-0.4, -0.2) is 23.4 Å². The van der Waals surface area contributed by atoms with Gasteiger partial charge in [-0.2, -0.15) is 0 Å². The lowest BCUT2D eigenvalue weighted by Gasteiger charge is -2.29. The van der Waals surface area contributed by atoms with E-state index >= 15 is 0 Å². The maximum Gasteiger partial charge on any atom is 0.275 e. The number of aryl methyl sites for hydroxylation is 1. The molecule has 1 saturated heterocycles. The molecule has 112 valence electrons. The fraction of sp³-hybridized carbons (Fsp3) is 0.667. The smallest absolute Gasteiger partial charge is 0.275 e. The van der Waals surface area contributed by atoms with E-state index in [1.54, 1.807) is 0 Å². The number of nitrogen functional groups attached to an aromatic ring is 1. The van der Waals surface area contributed by atoms with Gasteiger partial charge >= 0.3 is 0 Å². The van der Waals surface area contributed by atoms with E-state index in [0.29, 0.717) is 10.9 Å². The molecule has 20 heavy (non-hydrogen) atoms. The molecule has 1 amide bonds. The molecule has 4 nitrogen and oxygen atoms in total. The highest BCUT2D eigenvalue weighted by atomic mass is 32.1. The minimum absolute atomic E-state index is 0.188. The quantitative estimate of drug-likeness (QED) is 0.510. The van der Waals surface area contributed by atoms with Crippen LogP contribution in [0.25, 0.3) is 0 Å². The van der Waals surface area contributed by atoms with Crippen LogP contribution in [0, 0.1) is 6.92 Å². The summed E-state index contributed by atoms with van der Waals surface area (Å²) in [6, 6.07) is 2.68. The van der Waals surface area contributed by atoms with Crippen molar-refractivity contribution in [1.29, 1.82) is 0 Å². The first-order valence-electron chi connectivity index (χ1n) is 7.50. The maximum absolute atomic E-state index is 11.6. The number of amides is 1. The number of rotatable bonds is 4. The normalized spacial score (nSPS) is 20.6. The van der Waals surface area contributed by atoms with E-state index in [1.165, 1.54) is 60.4 Å². The summed E-state index contributed by atoms with van der Waals surface area (Å²) in [7, 11) is 0. The second kappa shape index (κ2) is 7.20.